The molecule has 1 rings (SSSR count). The highest BCUT2D eigenvalue weighted by Gasteiger charge is 2.12. The van der Waals surface area contributed by atoms with E-state index in [1.54, 1.807) is 0 Å². The van der Waals surface area contributed by atoms with Crippen LogP contribution in [-0.2, 0) is 0 Å². The predicted molar refractivity (Wildman–Crippen MR) is 62.9 cm³/mol. The number of carbonyl (C=O) groups is 1. The summed E-state index contributed by atoms with van der Waals surface area (Å²) in [6.45, 7) is 4.08. The molecule has 0 N–H and O–H groups in total. The zero-order chi connectivity index (χ0) is 12.1. The van der Waals surface area contributed by atoms with Gasteiger partial charge in [-0.25, -0.2) is 8.78 Å². The van der Waals surface area contributed by atoms with E-state index in [2.05, 4.69) is 0 Å². The number of rotatable bonds is 5. The average molecular weight is 244 g/mol. The maximum Gasteiger partial charge on any atom is 0.175 e. The third kappa shape index (κ3) is 3.93. The van der Waals surface area contributed by atoms with Crippen LogP contribution in [0.5, 0.6) is 0 Å². The Morgan fingerprint density at radius 3 is 2.69 bits per heavy atom. The van der Waals surface area contributed by atoms with Crippen LogP contribution in [-0.4, -0.2) is 17.3 Å². The highest BCUT2D eigenvalue weighted by atomic mass is 32.2. The van der Waals surface area contributed by atoms with E-state index in [4.69, 9.17) is 0 Å². The number of halogens is 2. The Hall–Kier alpha value is -0.900. The molecule has 0 aliphatic heterocycles. The van der Waals surface area contributed by atoms with Gasteiger partial charge >= 0.3 is 0 Å². The lowest BCUT2D eigenvalue weighted by atomic mass is 10.1. The van der Waals surface area contributed by atoms with Gasteiger partial charge in [0.15, 0.2) is 5.78 Å². The SMILES string of the molecule is CC(C)CSCC(=O)c1cc(F)ccc1F. The first-order valence-corrected chi connectivity index (χ1v) is 6.22. The number of carbonyl (C=O) groups excluding carboxylic acids is 1. The van der Waals surface area contributed by atoms with Gasteiger partial charge in [0.2, 0.25) is 0 Å². The van der Waals surface area contributed by atoms with Gasteiger partial charge in [0.25, 0.3) is 0 Å². The first-order chi connectivity index (χ1) is 7.50. The fourth-order valence-corrected chi connectivity index (χ4v) is 2.11. The highest BCUT2D eigenvalue weighted by Crippen LogP contribution is 2.14. The molecule has 0 aromatic heterocycles. The minimum atomic E-state index is -0.656. The van der Waals surface area contributed by atoms with Crippen molar-refractivity contribution in [1.29, 1.82) is 0 Å². The molecule has 1 nitrogen and oxygen atoms in total. The van der Waals surface area contributed by atoms with E-state index < -0.39 is 11.6 Å². The second kappa shape index (κ2) is 5.99. The van der Waals surface area contributed by atoms with E-state index in [1.807, 2.05) is 13.8 Å². The molecule has 0 aliphatic rings. The van der Waals surface area contributed by atoms with E-state index in [-0.39, 0.29) is 17.1 Å². The molecule has 0 atom stereocenters. The van der Waals surface area contributed by atoms with E-state index >= 15 is 0 Å². The Balaban J connectivity index is 2.62. The van der Waals surface area contributed by atoms with Crippen LogP contribution in [0.2, 0.25) is 0 Å². The van der Waals surface area contributed by atoms with Crippen LogP contribution in [0.4, 0.5) is 8.78 Å². The van der Waals surface area contributed by atoms with Gasteiger partial charge in [-0.1, -0.05) is 13.8 Å². The maximum atomic E-state index is 13.2. The van der Waals surface area contributed by atoms with E-state index in [1.165, 1.54) is 11.8 Å². The molecular formula is C12H14F2OS. The second-order valence-corrected chi connectivity index (χ2v) is 4.99. The van der Waals surface area contributed by atoms with Crippen molar-refractivity contribution in [2.45, 2.75) is 13.8 Å². The molecule has 0 heterocycles. The molecule has 0 spiro atoms. The quantitative estimate of drug-likeness (QED) is 0.737. The minimum absolute atomic E-state index is 0.156. The standard InChI is InChI=1S/C12H14F2OS/c1-8(2)6-16-7-12(15)10-5-9(13)3-4-11(10)14/h3-5,8H,6-7H2,1-2H3. The van der Waals surface area contributed by atoms with E-state index in [9.17, 15) is 13.6 Å². The summed E-state index contributed by atoms with van der Waals surface area (Å²) in [5, 5.41) is 0. The fraction of sp³-hybridized carbons (Fsp3) is 0.417. The minimum Gasteiger partial charge on any atom is -0.293 e. The average Bonchev–Trinajstić information content (AvgIpc) is 2.21. The fourth-order valence-electron chi connectivity index (χ4n) is 1.18. The topological polar surface area (TPSA) is 17.1 Å². The molecule has 1 aromatic carbocycles. The number of benzene rings is 1. The molecular weight excluding hydrogens is 230 g/mol. The van der Waals surface area contributed by atoms with Crippen molar-refractivity contribution >= 4 is 17.5 Å². The Labute approximate surface area is 98.2 Å². The number of ketones is 1. The normalized spacial score (nSPS) is 10.8. The molecule has 0 radical (unpaired) electrons. The molecule has 88 valence electrons. The molecule has 16 heavy (non-hydrogen) atoms. The summed E-state index contributed by atoms with van der Waals surface area (Å²) in [5.74, 6) is -0.0886. The van der Waals surface area contributed by atoms with Crippen molar-refractivity contribution < 1.29 is 13.6 Å². The van der Waals surface area contributed by atoms with Gasteiger partial charge in [0, 0.05) is 0 Å². The van der Waals surface area contributed by atoms with Crippen molar-refractivity contribution in [3.63, 3.8) is 0 Å². The molecule has 0 bridgehead atoms. The highest BCUT2D eigenvalue weighted by molar-refractivity contribution is 7.99. The molecule has 0 saturated heterocycles. The van der Waals surface area contributed by atoms with Gasteiger partial charge in [-0.3, -0.25) is 4.79 Å². The number of Topliss-reactive ketones (excluding diaryl/α,β-unsaturated/α-hetero) is 1. The summed E-state index contributed by atoms with van der Waals surface area (Å²) in [5.41, 5.74) is -0.156. The lowest BCUT2D eigenvalue weighted by molar-refractivity contribution is 0.101. The number of hydrogen-bond donors (Lipinski definition) is 0. The van der Waals surface area contributed by atoms with Crippen LogP contribution >= 0.6 is 11.8 Å². The molecule has 0 amide bonds. The number of hydrogen-bond acceptors (Lipinski definition) is 2. The molecule has 0 fully saturated rings. The van der Waals surface area contributed by atoms with Crippen LogP contribution < -0.4 is 0 Å². The summed E-state index contributed by atoms with van der Waals surface area (Å²) in [6, 6.07) is 2.94. The van der Waals surface area contributed by atoms with E-state index in [0.717, 1.165) is 24.0 Å². The van der Waals surface area contributed by atoms with Gasteiger partial charge in [0.1, 0.15) is 11.6 Å². The summed E-state index contributed by atoms with van der Waals surface area (Å²) in [7, 11) is 0. The summed E-state index contributed by atoms with van der Waals surface area (Å²) >= 11 is 1.44. The first kappa shape index (κ1) is 13.2. The third-order valence-corrected chi connectivity index (χ3v) is 3.28. The molecule has 1 aromatic rings. The largest absolute Gasteiger partial charge is 0.293 e. The van der Waals surface area contributed by atoms with Crippen LogP contribution in [0.3, 0.4) is 0 Å². The van der Waals surface area contributed by atoms with Crippen molar-refractivity contribution in [3.05, 3.63) is 35.4 Å². The molecule has 0 unspecified atom stereocenters. The van der Waals surface area contributed by atoms with Gasteiger partial charge in [-0.05, 0) is 29.9 Å². The molecule has 0 aliphatic carbocycles. The summed E-state index contributed by atoms with van der Waals surface area (Å²) in [6.07, 6.45) is 0. The summed E-state index contributed by atoms with van der Waals surface area (Å²) in [4.78, 5) is 11.6. The molecule has 0 saturated carbocycles. The van der Waals surface area contributed by atoms with Crippen molar-refractivity contribution in [1.82, 2.24) is 0 Å². The Bertz CT molecular complexity index is 377. The molecule has 4 heteroatoms. The van der Waals surface area contributed by atoms with Crippen LogP contribution in [0, 0.1) is 17.6 Å². The van der Waals surface area contributed by atoms with Crippen LogP contribution in [0.1, 0.15) is 24.2 Å². The lowest BCUT2D eigenvalue weighted by Gasteiger charge is -2.05. The maximum absolute atomic E-state index is 13.2. The summed E-state index contributed by atoms with van der Waals surface area (Å²) < 4.78 is 26.0. The second-order valence-electron chi connectivity index (χ2n) is 3.96. The third-order valence-electron chi connectivity index (χ3n) is 1.91. The smallest absolute Gasteiger partial charge is 0.175 e. The zero-order valence-electron chi connectivity index (χ0n) is 9.30. The van der Waals surface area contributed by atoms with Crippen LogP contribution in [0.25, 0.3) is 0 Å². The Kier molecular flexibility index (Phi) is 4.93. The number of thioether (sulfide) groups is 1. The van der Waals surface area contributed by atoms with E-state index in [0.29, 0.717) is 5.92 Å². The van der Waals surface area contributed by atoms with Gasteiger partial charge in [-0.2, -0.15) is 11.8 Å². The lowest BCUT2D eigenvalue weighted by Crippen LogP contribution is -2.07. The van der Waals surface area contributed by atoms with Crippen molar-refractivity contribution in [2.75, 3.05) is 11.5 Å². The van der Waals surface area contributed by atoms with Crippen LogP contribution in [0.15, 0.2) is 18.2 Å². The predicted octanol–water partition coefficient (Wildman–Crippen LogP) is 3.54. The van der Waals surface area contributed by atoms with Gasteiger partial charge in [0.05, 0.1) is 11.3 Å². The monoisotopic (exact) mass is 244 g/mol. The Morgan fingerprint density at radius 1 is 1.38 bits per heavy atom. The van der Waals surface area contributed by atoms with Gasteiger partial charge < -0.3 is 0 Å². The Morgan fingerprint density at radius 2 is 2.06 bits per heavy atom. The van der Waals surface area contributed by atoms with Crippen molar-refractivity contribution in [3.8, 4) is 0 Å². The zero-order valence-corrected chi connectivity index (χ0v) is 10.1. The van der Waals surface area contributed by atoms with Crippen molar-refractivity contribution in [2.24, 2.45) is 5.92 Å². The first-order valence-electron chi connectivity index (χ1n) is 5.06. The van der Waals surface area contributed by atoms with Gasteiger partial charge in [-0.15, -0.1) is 0 Å².